The lowest BCUT2D eigenvalue weighted by molar-refractivity contribution is -0.0979. The highest BCUT2D eigenvalue weighted by atomic mass is 16.4. The van der Waals surface area contributed by atoms with Gasteiger partial charge >= 0.3 is 6.09 Å². The summed E-state index contributed by atoms with van der Waals surface area (Å²) in [5.41, 5.74) is 0. The van der Waals surface area contributed by atoms with Crippen molar-refractivity contribution >= 4 is 12.9 Å². The van der Waals surface area contributed by atoms with Crippen LogP contribution in [0.4, 0.5) is 4.79 Å². The second-order valence-electron chi connectivity index (χ2n) is 1.59. The van der Waals surface area contributed by atoms with Gasteiger partial charge in [0.05, 0.1) is 0 Å². The van der Waals surface area contributed by atoms with E-state index in [2.05, 4.69) is 5.32 Å². The molecule has 0 aromatic heterocycles. The van der Waals surface area contributed by atoms with Gasteiger partial charge in [0.15, 0.2) is 0 Å². The lowest BCUT2D eigenvalue weighted by Gasteiger charge is -1.94. The first-order valence-corrected chi connectivity index (χ1v) is 3.03. The van der Waals surface area contributed by atoms with Crippen LogP contribution in [0.15, 0.2) is 0 Å². The van der Waals surface area contributed by atoms with E-state index in [4.69, 9.17) is 9.90 Å². The molecule has 0 bridgehead atoms. The van der Waals surface area contributed by atoms with Gasteiger partial charge in [-0.2, -0.15) is 0 Å². The van der Waals surface area contributed by atoms with Crippen LogP contribution < -0.4 is 5.32 Å². The topological polar surface area (TPSA) is 66.4 Å². The number of nitrogens with one attached hydrogen (secondary N) is 1. The van der Waals surface area contributed by atoms with E-state index in [0.29, 0.717) is 6.54 Å². The highest BCUT2D eigenvalue weighted by molar-refractivity contribution is 5.64. The van der Waals surface area contributed by atoms with E-state index in [9.17, 15) is 4.79 Å². The molecule has 0 aromatic carbocycles. The third-order valence-corrected chi connectivity index (χ3v) is 0.807. The number of amides is 1. The van der Waals surface area contributed by atoms with Gasteiger partial charge in [0.2, 0.25) is 0 Å². The number of unbranched alkanes of at least 4 members (excludes halogenated alkanes) is 1. The van der Waals surface area contributed by atoms with E-state index < -0.39 is 6.09 Å². The van der Waals surface area contributed by atoms with Crippen molar-refractivity contribution in [3.05, 3.63) is 0 Å². The normalized spacial score (nSPS) is 7.30. The molecule has 0 rings (SSSR count). The van der Waals surface area contributed by atoms with Crippen LogP contribution in [0.3, 0.4) is 0 Å². The Balaban J connectivity index is 0. The highest BCUT2D eigenvalue weighted by Crippen LogP contribution is 1.80. The third-order valence-electron chi connectivity index (χ3n) is 0.807. The van der Waals surface area contributed by atoms with Crippen LogP contribution in [0.1, 0.15) is 19.8 Å². The lowest BCUT2D eigenvalue weighted by atomic mass is 10.3. The number of carbonyl (C=O) groups excluding carboxylic acids is 1. The van der Waals surface area contributed by atoms with E-state index in [1.165, 1.54) is 0 Å². The van der Waals surface area contributed by atoms with Crippen LogP contribution >= 0.6 is 0 Å². The molecule has 4 heteroatoms. The van der Waals surface area contributed by atoms with Gasteiger partial charge in [-0.1, -0.05) is 13.3 Å². The molecule has 0 aliphatic rings. The second kappa shape index (κ2) is 10.8. The Hall–Kier alpha value is -1.06. The van der Waals surface area contributed by atoms with Crippen molar-refractivity contribution in [2.45, 2.75) is 19.8 Å². The summed E-state index contributed by atoms with van der Waals surface area (Å²) in [6, 6.07) is 0. The maximum absolute atomic E-state index is 9.76. The minimum absolute atomic E-state index is 0.575. The van der Waals surface area contributed by atoms with Crippen molar-refractivity contribution in [2.75, 3.05) is 6.54 Å². The zero-order valence-corrected chi connectivity index (χ0v) is 6.09. The van der Waals surface area contributed by atoms with Crippen molar-refractivity contribution < 1.29 is 14.7 Å². The average Bonchev–Trinajstić information content (AvgIpc) is 1.92. The fraction of sp³-hybridized carbons (Fsp3) is 0.667. The van der Waals surface area contributed by atoms with Crippen molar-refractivity contribution in [2.24, 2.45) is 0 Å². The Morgan fingerprint density at radius 2 is 2.10 bits per heavy atom. The van der Waals surface area contributed by atoms with Crippen molar-refractivity contribution in [1.82, 2.24) is 5.32 Å². The molecule has 0 fully saturated rings. The number of hydrogen-bond acceptors (Lipinski definition) is 2. The number of hydrogen-bond donors (Lipinski definition) is 2. The van der Waals surface area contributed by atoms with E-state index in [-0.39, 0.29) is 0 Å². The van der Waals surface area contributed by atoms with Crippen molar-refractivity contribution in [3.63, 3.8) is 0 Å². The number of carbonyl (C=O) groups is 2. The molecule has 0 heterocycles. The Bertz CT molecular complexity index is 85.1. The van der Waals surface area contributed by atoms with Gasteiger partial charge < -0.3 is 15.2 Å². The summed E-state index contributed by atoms with van der Waals surface area (Å²) >= 11 is 0. The minimum atomic E-state index is -0.932. The summed E-state index contributed by atoms with van der Waals surface area (Å²) in [4.78, 5) is 17.8. The van der Waals surface area contributed by atoms with Gasteiger partial charge in [-0.05, 0) is 6.42 Å². The van der Waals surface area contributed by atoms with Gasteiger partial charge in [-0.15, -0.1) is 0 Å². The first-order chi connectivity index (χ1) is 4.77. The standard InChI is InChI=1S/C5H11NO2.CH2O/c1-2-3-4-6-5(7)8;1-2/h6H,2-4H2,1H3,(H,7,8);1H2. The fourth-order valence-electron chi connectivity index (χ4n) is 0.372. The van der Waals surface area contributed by atoms with Crippen LogP contribution in [0, 0.1) is 0 Å². The molecule has 10 heavy (non-hydrogen) atoms. The Kier molecular flexibility index (Phi) is 12.7. The SMILES string of the molecule is C=O.CCCCNC(=O)O. The van der Waals surface area contributed by atoms with Gasteiger partial charge in [0.1, 0.15) is 6.79 Å². The Morgan fingerprint density at radius 3 is 2.40 bits per heavy atom. The predicted molar refractivity (Wildman–Crippen MR) is 38.1 cm³/mol. The molecule has 2 N–H and O–H groups in total. The quantitative estimate of drug-likeness (QED) is 0.582. The Morgan fingerprint density at radius 1 is 1.60 bits per heavy atom. The predicted octanol–water partition coefficient (Wildman–Crippen LogP) is 0.869. The molecule has 0 atom stereocenters. The maximum Gasteiger partial charge on any atom is 0.404 e. The average molecular weight is 147 g/mol. The summed E-state index contributed by atoms with van der Waals surface area (Å²) in [6.07, 6.45) is 1.02. The first-order valence-electron chi connectivity index (χ1n) is 3.03. The number of rotatable bonds is 3. The molecule has 0 aliphatic heterocycles. The van der Waals surface area contributed by atoms with Crippen molar-refractivity contribution in [3.8, 4) is 0 Å². The molecular weight excluding hydrogens is 134 g/mol. The van der Waals surface area contributed by atoms with E-state index in [0.717, 1.165) is 12.8 Å². The number of carboxylic acid groups (broad SMARTS) is 1. The summed E-state index contributed by atoms with van der Waals surface area (Å²) in [6.45, 7) is 4.59. The van der Waals surface area contributed by atoms with Crippen LogP contribution in [-0.2, 0) is 4.79 Å². The molecule has 0 aliphatic carbocycles. The smallest absolute Gasteiger partial charge is 0.404 e. The van der Waals surface area contributed by atoms with Gasteiger partial charge in [0, 0.05) is 6.54 Å². The summed E-state index contributed by atoms with van der Waals surface area (Å²) < 4.78 is 0. The van der Waals surface area contributed by atoms with E-state index in [1.54, 1.807) is 0 Å². The molecule has 4 nitrogen and oxygen atoms in total. The molecule has 0 radical (unpaired) electrons. The minimum Gasteiger partial charge on any atom is -0.465 e. The molecule has 0 saturated heterocycles. The van der Waals surface area contributed by atoms with E-state index >= 15 is 0 Å². The molecule has 0 spiro atoms. The Labute approximate surface area is 60.2 Å². The van der Waals surface area contributed by atoms with Crippen LogP contribution in [0.2, 0.25) is 0 Å². The lowest BCUT2D eigenvalue weighted by Crippen LogP contribution is -2.21. The largest absolute Gasteiger partial charge is 0.465 e. The first kappa shape index (κ1) is 11.7. The van der Waals surface area contributed by atoms with E-state index in [1.807, 2.05) is 13.7 Å². The monoisotopic (exact) mass is 147 g/mol. The molecule has 0 unspecified atom stereocenters. The summed E-state index contributed by atoms with van der Waals surface area (Å²) in [5, 5.41) is 10.3. The zero-order valence-electron chi connectivity index (χ0n) is 6.09. The highest BCUT2D eigenvalue weighted by Gasteiger charge is 1.88. The van der Waals surface area contributed by atoms with Gasteiger partial charge in [-0.25, -0.2) is 4.79 Å². The molecule has 60 valence electrons. The van der Waals surface area contributed by atoms with Crippen molar-refractivity contribution in [1.29, 1.82) is 0 Å². The molecular formula is C6H13NO3. The zero-order chi connectivity index (χ0) is 8.41. The van der Waals surface area contributed by atoms with Crippen LogP contribution in [0.25, 0.3) is 0 Å². The third kappa shape index (κ3) is 15.8. The summed E-state index contributed by atoms with van der Waals surface area (Å²) in [5.74, 6) is 0. The maximum atomic E-state index is 9.76. The molecule has 1 amide bonds. The summed E-state index contributed by atoms with van der Waals surface area (Å²) in [7, 11) is 0. The van der Waals surface area contributed by atoms with Gasteiger partial charge in [-0.3, -0.25) is 0 Å². The molecule has 0 aromatic rings. The van der Waals surface area contributed by atoms with Crippen LogP contribution in [0.5, 0.6) is 0 Å². The fourth-order valence-corrected chi connectivity index (χ4v) is 0.372. The molecule has 0 saturated carbocycles. The van der Waals surface area contributed by atoms with Crippen LogP contribution in [-0.4, -0.2) is 24.5 Å². The second-order valence-corrected chi connectivity index (χ2v) is 1.59. The van der Waals surface area contributed by atoms with Gasteiger partial charge in [0.25, 0.3) is 0 Å².